The van der Waals surface area contributed by atoms with Crippen LogP contribution in [0.25, 0.3) is 0 Å². The summed E-state index contributed by atoms with van der Waals surface area (Å²) in [5, 5.41) is 6.29. The van der Waals surface area contributed by atoms with Gasteiger partial charge in [-0.25, -0.2) is 8.78 Å². The van der Waals surface area contributed by atoms with Gasteiger partial charge in [0.15, 0.2) is 5.96 Å². The van der Waals surface area contributed by atoms with E-state index in [1.165, 1.54) is 12.1 Å². The molecule has 0 aliphatic rings. The molecule has 0 spiro atoms. The second-order valence-corrected chi connectivity index (χ2v) is 4.83. The third-order valence-electron chi connectivity index (χ3n) is 3.25. The molecule has 0 bridgehead atoms. The van der Waals surface area contributed by atoms with Crippen LogP contribution in [0.1, 0.15) is 5.56 Å². The summed E-state index contributed by atoms with van der Waals surface area (Å²) in [6, 6.07) is 7.59. The summed E-state index contributed by atoms with van der Waals surface area (Å²) in [5.41, 5.74) is 0.483. The van der Waals surface area contributed by atoms with Crippen LogP contribution in [0.3, 0.4) is 0 Å². The number of nitrogens with zero attached hydrogens (tertiary/aromatic N) is 2. The van der Waals surface area contributed by atoms with Crippen molar-refractivity contribution >= 4 is 5.96 Å². The van der Waals surface area contributed by atoms with Gasteiger partial charge in [-0.3, -0.25) is 4.99 Å². The fraction of sp³-hybridized carbons (Fsp3) is 0.312. The van der Waals surface area contributed by atoms with Crippen LogP contribution in [0.2, 0.25) is 0 Å². The van der Waals surface area contributed by atoms with Gasteiger partial charge in [-0.1, -0.05) is 6.07 Å². The van der Waals surface area contributed by atoms with Gasteiger partial charge in [-0.2, -0.15) is 0 Å². The Morgan fingerprint density at radius 2 is 1.86 bits per heavy atom. The Balaban J connectivity index is 1.72. The summed E-state index contributed by atoms with van der Waals surface area (Å²) < 4.78 is 28.4. The normalized spacial score (nSPS) is 11.5. The molecule has 0 aliphatic carbocycles. The van der Waals surface area contributed by atoms with E-state index in [1.54, 1.807) is 7.05 Å². The third-order valence-corrected chi connectivity index (χ3v) is 3.25. The Morgan fingerprint density at radius 3 is 2.55 bits per heavy atom. The zero-order chi connectivity index (χ0) is 15.8. The average molecular weight is 306 g/mol. The molecule has 0 saturated carbocycles. The molecule has 1 aromatic heterocycles. The van der Waals surface area contributed by atoms with E-state index in [0.29, 0.717) is 24.5 Å². The van der Waals surface area contributed by atoms with Crippen molar-refractivity contribution in [2.45, 2.75) is 13.0 Å². The number of nitrogens with one attached hydrogen (secondary N) is 2. The number of hydrogen-bond donors (Lipinski definition) is 2. The highest BCUT2D eigenvalue weighted by molar-refractivity contribution is 5.79. The predicted octanol–water partition coefficient (Wildman–Crippen LogP) is 2.17. The fourth-order valence-electron chi connectivity index (χ4n) is 2.08. The van der Waals surface area contributed by atoms with Crippen LogP contribution in [0, 0.1) is 11.6 Å². The van der Waals surface area contributed by atoms with Crippen LogP contribution in [0.4, 0.5) is 8.78 Å². The van der Waals surface area contributed by atoms with E-state index in [4.69, 9.17) is 0 Å². The van der Waals surface area contributed by atoms with Crippen molar-refractivity contribution in [2.24, 2.45) is 4.99 Å². The van der Waals surface area contributed by atoms with E-state index in [0.717, 1.165) is 19.2 Å². The first-order chi connectivity index (χ1) is 10.7. The molecule has 1 aromatic carbocycles. The predicted molar refractivity (Wildman–Crippen MR) is 83.9 cm³/mol. The average Bonchev–Trinajstić information content (AvgIpc) is 3.01. The topological polar surface area (TPSA) is 41.4 Å². The summed E-state index contributed by atoms with van der Waals surface area (Å²) in [4.78, 5) is 4.11. The van der Waals surface area contributed by atoms with E-state index in [2.05, 4.69) is 20.2 Å². The summed E-state index contributed by atoms with van der Waals surface area (Å²) >= 11 is 0. The number of guanidine groups is 1. The Labute approximate surface area is 128 Å². The van der Waals surface area contributed by atoms with Gasteiger partial charge in [0, 0.05) is 45.1 Å². The first-order valence-corrected chi connectivity index (χ1v) is 7.18. The van der Waals surface area contributed by atoms with Crippen LogP contribution in [0.5, 0.6) is 0 Å². The van der Waals surface area contributed by atoms with Crippen molar-refractivity contribution in [3.63, 3.8) is 0 Å². The van der Waals surface area contributed by atoms with E-state index in [1.807, 2.05) is 24.5 Å². The molecule has 22 heavy (non-hydrogen) atoms. The van der Waals surface area contributed by atoms with Gasteiger partial charge in [-0.05, 0) is 30.2 Å². The van der Waals surface area contributed by atoms with E-state index in [9.17, 15) is 8.78 Å². The first-order valence-electron chi connectivity index (χ1n) is 7.18. The van der Waals surface area contributed by atoms with Crippen LogP contribution in [-0.4, -0.2) is 30.7 Å². The summed E-state index contributed by atoms with van der Waals surface area (Å²) in [5.74, 6) is -0.413. The van der Waals surface area contributed by atoms with E-state index in [-0.39, 0.29) is 0 Å². The van der Waals surface area contributed by atoms with Crippen LogP contribution in [-0.2, 0) is 13.0 Å². The van der Waals surface area contributed by atoms with Crippen molar-refractivity contribution in [1.29, 1.82) is 0 Å². The van der Waals surface area contributed by atoms with E-state index < -0.39 is 11.6 Å². The Morgan fingerprint density at radius 1 is 1.14 bits per heavy atom. The monoisotopic (exact) mass is 306 g/mol. The number of benzene rings is 1. The molecule has 1 heterocycles. The smallest absolute Gasteiger partial charge is 0.191 e. The summed E-state index contributed by atoms with van der Waals surface area (Å²) in [6.45, 7) is 2.09. The molecule has 0 amide bonds. The minimum atomic E-state index is -0.559. The lowest BCUT2D eigenvalue weighted by molar-refractivity contribution is 0.570. The van der Waals surface area contributed by atoms with Crippen LogP contribution < -0.4 is 10.6 Å². The van der Waals surface area contributed by atoms with Gasteiger partial charge in [-0.15, -0.1) is 0 Å². The maximum absolute atomic E-state index is 13.5. The van der Waals surface area contributed by atoms with Crippen molar-refractivity contribution in [2.75, 3.05) is 20.1 Å². The third kappa shape index (κ3) is 4.87. The maximum Gasteiger partial charge on any atom is 0.191 e. The van der Waals surface area contributed by atoms with E-state index >= 15 is 0 Å². The molecule has 2 aromatic rings. The zero-order valence-electron chi connectivity index (χ0n) is 12.5. The minimum absolute atomic E-state index is 0.463. The summed E-state index contributed by atoms with van der Waals surface area (Å²) in [6.07, 6.45) is 4.45. The quantitative estimate of drug-likeness (QED) is 0.634. The lowest BCUT2D eigenvalue weighted by Gasteiger charge is -2.12. The Bertz CT molecular complexity index is 609. The lowest BCUT2D eigenvalue weighted by atomic mass is 10.1. The van der Waals surface area contributed by atoms with Crippen molar-refractivity contribution in [3.05, 3.63) is 59.9 Å². The highest BCUT2D eigenvalue weighted by atomic mass is 19.1. The van der Waals surface area contributed by atoms with Crippen LogP contribution in [0.15, 0.2) is 47.7 Å². The molecule has 4 nitrogen and oxygen atoms in total. The molecule has 0 fully saturated rings. The fourth-order valence-corrected chi connectivity index (χ4v) is 2.08. The maximum atomic E-state index is 13.5. The van der Waals surface area contributed by atoms with Gasteiger partial charge in [0.2, 0.25) is 0 Å². The molecule has 118 valence electrons. The highest BCUT2D eigenvalue weighted by Gasteiger charge is 2.04. The molecule has 0 saturated heterocycles. The molecule has 2 N–H and O–H groups in total. The summed E-state index contributed by atoms with van der Waals surface area (Å²) in [7, 11) is 1.68. The highest BCUT2D eigenvalue weighted by Crippen LogP contribution is 2.09. The van der Waals surface area contributed by atoms with Crippen molar-refractivity contribution < 1.29 is 8.78 Å². The molecule has 0 atom stereocenters. The minimum Gasteiger partial charge on any atom is -0.356 e. The van der Waals surface area contributed by atoms with Crippen molar-refractivity contribution in [3.8, 4) is 0 Å². The second-order valence-electron chi connectivity index (χ2n) is 4.83. The number of aliphatic imine (C=N–C) groups is 1. The lowest BCUT2D eigenvalue weighted by Crippen LogP contribution is -2.39. The molecule has 0 aliphatic heterocycles. The SMILES string of the molecule is CN=C(NCCc1ccc(F)cc1F)NCCn1cccc1. The largest absolute Gasteiger partial charge is 0.356 e. The van der Waals surface area contributed by atoms with Crippen molar-refractivity contribution in [1.82, 2.24) is 15.2 Å². The zero-order valence-corrected chi connectivity index (χ0v) is 12.5. The van der Waals surface area contributed by atoms with Gasteiger partial charge >= 0.3 is 0 Å². The van der Waals surface area contributed by atoms with Gasteiger partial charge < -0.3 is 15.2 Å². The molecule has 2 rings (SSSR count). The molecule has 0 radical (unpaired) electrons. The van der Waals surface area contributed by atoms with Gasteiger partial charge in [0.05, 0.1) is 0 Å². The van der Waals surface area contributed by atoms with Gasteiger partial charge in [0.25, 0.3) is 0 Å². The molecular weight excluding hydrogens is 286 g/mol. The second kappa shape index (κ2) is 8.17. The number of aromatic nitrogens is 1. The first kappa shape index (κ1) is 16.0. The Hall–Kier alpha value is -2.37. The number of rotatable bonds is 6. The number of halogens is 2. The van der Waals surface area contributed by atoms with Gasteiger partial charge in [0.1, 0.15) is 11.6 Å². The molecule has 0 unspecified atom stereocenters. The standard InChI is InChI=1S/C16H20F2N4/c1-19-16(21-8-11-22-9-2-3-10-22)20-7-6-13-4-5-14(17)12-15(13)18/h2-5,9-10,12H,6-8,11H2,1H3,(H2,19,20,21). The molecular formula is C16H20F2N4. The van der Waals surface area contributed by atoms with Crippen LogP contribution >= 0.6 is 0 Å². The Kier molecular flexibility index (Phi) is 5.94. The number of hydrogen-bond acceptors (Lipinski definition) is 1. The molecule has 6 heteroatoms.